The van der Waals surface area contributed by atoms with Gasteiger partial charge in [0.05, 0.1) is 6.10 Å². The second kappa shape index (κ2) is 3.55. The molecule has 1 N–H and O–H groups in total. The molecule has 4 nitrogen and oxygen atoms in total. The summed E-state index contributed by atoms with van der Waals surface area (Å²) in [5, 5.41) is 13.7. The van der Waals surface area contributed by atoms with Crippen molar-refractivity contribution in [2.45, 2.75) is 45.0 Å². The summed E-state index contributed by atoms with van der Waals surface area (Å²) in [6, 6.07) is 0. The van der Waals surface area contributed by atoms with E-state index in [9.17, 15) is 9.90 Å². The zero-order valence-corrected chi connectivity index (χ0v) is 12.3. The van der Waals surface area contributed by atoms with E-state index < -0.39 is 19.7 Å². The predicted molar refractivity (Wildman–Crippen MR) is 67.5 cm³/mol. The molecule has 1 saturated heterocycles. The van der Waals surface area contributed by atoms with Crippen LogP contribution < -0.4 is 5.32 Å². The molecule has 1 saturated carbocycles. The molecule has 3 atom stereocenters. The smallest absolute Gasteiger partial charge is 0.314 e. The van der Waals surface area contributed by atoms with Crippen LogP contribution in [-0.2, 0) is 9.22 Å². The molecule has 1 heterocycles. The first-order valence-electron chi connectivity index (χ1n) is 6.17. The Morgan fingerprint density at radius 3 is 2.47 bits per heavy atom. The molecule has 0 aromatic rings. The highest BCUT2D eigenvalue weighted by Crippen LogP contribution is 2.59. The first kappa shape index (κ1) is 13.0. The molecule has 0 spiro atoms. The molecule has 0 aromatic heterocycles. The maximum absolute atomic E-state index is 11.4. The van der Waals surface area contributed by atoms with E-state index in [0.29, 0.717) is 13.1 Å². The first-order chi connectivity index (χ1) is 7.63. The summed E-state index contributed by atoms with van der Waals surface area (Å²) < 4.78 is 6.24. The maximum Gasteiger partial charge on any atom is 0.314 e. The fourth-order valence-corrected chi connectivity index (χ4v) is 3.73. The summed E-state index contributed by atoms with van der Waals surface area (Å²) in [6.45, 7) is 12.0. The normalized spacial score (nSPS) is 36.8. The van der Waals surface area contributed by atoms with Crippen LogP contribution in [0.3, 0.4) is 0 Å². The number of carboxylic acid groups (broad SMARTS) is 1. The molecule has 3 unspecified atom stereocenters. The predicted octanol–water partition coefficient (Wildman–Crippen LogP) is 1.70. The fraction of sp³-hybridized carbons (Fsp3) is 0.917. The Bertz CT molecular complexity index is 350. The lowest BCUT2D eigenvalue weighted by Gasteiger charge is -2.37. The van der Waals surface area contributed by atoms with Crippen molar-refractivity contribution in [3.63, 3.8) is 0 Å². The third kappa shape index (κ3) is 1.75. The lowest BCUT2D eigenvalue weighted by Crippen LogP contribution is -2.44. The minimum Gasteiger partial charge on any atom is -0.481 e. The largest absolute Gasteiger partial charge is 0.481 e. The Kier molecular flexibility index (Phi) is 2.73. The molecule has 2 rings (SSSR count). The summed E-state index contributed by atoms with van der Waals surface area (Å²) >= 11 is 0. The average Bonchev–Trinajstić information content (AvgIpc) is 2.55. The highest BCUT2D eigenvalue weighted by molar-refractivity contribution is 6.74. The molecule has 0 amide bonds. The molecule has 1 aliphatic carbocycles. The summed E-state index contributed by atoms with van der Waals surface area (Å²) in [4.78, 5) is 11.4. The van der Waals surface area contributed by atoms with E-state index in [0.717, 1.165) is 0 Å². The number of nitrogens with zero attached hydrogens (tertiary/aromatic N) is 1. The maximum atomic E-state index is 11.4. The summed E-state index contributed by atoms with van der Waals surface area (Å²) in [6.07, 6.45) is -0.0987. The minimum absolute atomic E-state index is 0.0987. The molecule has 97 valence electrons. The van der Waals surface area contributed by atoms with Crippen LogP contribution >= 0.6 is 0 Å². The Morgan fingerprint density at radius 1 is 1.47 bits per heavy atom. The first-order valence-corrected chi connectivity index (χ1v) is 9.08. The van der Waals surface area contributed by atoms with Crippen LogP contribution in [0.15, 0.2) is 0 Å². The summed E-state index contributed by atoms with van der Waals surface area (Å²) in [7, 11) is -1.87. The van der Waals surface area contributed by atoms with E-state index in [1.54, 1.807) is 0 Å². The van der Waals surface area contributed by atoms with Crippen molar-refractivity contribution in [2.24, 2.45) is 11.3 Å². The van der Waals surface area contributed by atoms with Gasteiger partial charge in [0.2, 0.25) is 0 Å². The number of fused-ring (bicyclic) bond motifs is 1. The quantitative estimate of drug-likeness (QED) is 0.782. The van der Waals surface area contributed by atoms with Gasteiger partial charge in [-0.05, 0) is 18.1 Å². The molecule has 5 heteroatoms. The Morgan fingerprint density at radius 2 is 2.06 bits per heavy atom. The number of carboxylic acids is 1. The van der Waals surface area contributed by atoms with Gasteiger partial charge in [-0.2, -0.15) is 0 Å². The average molecular weight is 256 g/mol. The molecule has 1 aliphatic heterocycles. The van der Waals surface area contributed by atoms with Crippen molar-refractivity contribution in [3.8, 4) is 0 Å². The van der Waals surface area contributed by atoms with Crippen molar-refractivity contribution >= 4 is 14.3 Å². The monoisotopic (exact) mass is 256 g/mol. The SMILES string of the molecule is CC(C)(C)[Si](C)(C)OC1C2C[N]CC21C(=O)O. The number of aliphatic carboxylic acids is 1. The van der Waals surface area contributed by atoms with Gasteiger partial charge in [0.25, 0.3) is 0 Å². The summed E-state index contributed by atoms with van der Waals surface area (Å²) in [5.74, 6) is -0.610. The number of piperidine rings is 1. The number of hydrogen-bond acceptors (Lipinski definition) is 2. The van der Waals surface area contributed by atoms with Crippen molar-refractivity contribution in [3.05, 3.63) is 0 Å². The van der Waals surface area contributed by atoms with E-state index in [-0.39, 0.29) is 17.1 Å². The molecular formula is C12H22NO3Si. The van der Waals surface area contributed by atoms with Crippen LogP contribution in [-0.4, -0.2) is 38.6 Å². The molecule has 1 radical (unpaired) electrons. The van der Waals surface area contributed by atoms with Gasteiger partial charge in [0.1, 0.15) is 5.41 Å². The highest BCUT2D eigenvalue weighted by atomic mass is 28.4. The van der Waals surface area contributed by atoms with Crippen LogP contribution in [0.4, 0.5) is 0 Å². The summed E-state index contributed by atoms with van der Waals surface area (Å²) in [5.41, 5.74) is -0.685. The van der Waals surface area contributed by atoms with Gasteiger partial charge >= 0.3 is 5.97 Å². The molecule has 17 heavy (non-hydrogen) atoms. The van der Waals surface area contributed by atoms with E-state index in [1.165, 1.54) is 0 Å². The van der Waals surface area contributed by atoms with Crippen LogP contribution in [0.25, 0.3) is 0 Å². The van der Waals surface area contributed by atoms with Crippen LogP contribution in [0.1, 0.15) is 20.8 Å². The lowest BCUT2D eigenvalue weighted by atomic mass is 10.1. The molecule has 0 bridgehead atoms. The molecule has 0 aromatic carbocycles. The standard InChI is InChI=1S/C12H22NO3Si/c1-11(2,3)17(4,5)16-9-8-6-13-7-12(8,9)10(14)15/h8-9H,6-7H2,1-5H3,(H,14,15). The van der Waals surface area contributed by atoms with E-state index in [4.69, 9.17) is 4.43 Å². The van der Waals surface area contributed by atoms with Gasteiger partial charge in [-0.1, -0.05) is 20.8 Å². The molecule has 2 fully saturated rings. The topological polar surface area (TPSA) is 60.6 Å². The minimum atomic E-state index is -1.87. The Balaban J connectivity index is 2.11. The van der Waals surface area contributed by atoms with Gasteiger partial charge in [-0.3, -0.25) is 4.79 Å². The van der Waals surface area contributed by atoms with E-state index in [1.807, 2.05) is 0 Å². The second-order valence-electron chi connectivity index (χ2n) is 6.82. The van der Waals surface area contributed by atoms with Gasteiger partial charge in [0.15, 0.2) is 8.32 Å². The lowest BCUT2D eigenvalue weighted by molar-refractivity contribution is -0.144. The zero-order valence-electron chi connectivity index (χ0n) is 11.3. The van der Waals surface area contributed by atoms with E-state index >= 15 is 0 Å². The second-order valence-corrected chi connectivity index (χ2v) is 11.6. The number of hydrogen-bond donors (Lipinski definition) is 1. The van der Waals surface area contributed by atoms with Gasteiger partial charge in [0, 0.05) is 19.0 Å². The van der Waals surface area contributed by atoms with Crippen LogP contribution in [0.2, 0.25) is 18.1 Å². The Labute approximate surface area is 104 Å². The number of carbonyl (C=O) groups is 1. The van der Waals surface area contributed by atoms with Crippen LogP contribution in [0.5, 0.6) is 0 Å². The van der Waals surface area contributed by atoms with E-state index in [2.05, 4.69) is 39.2 Å². The zero-order chi connectivity index (χ0) is 13.1. The fourth-order valence-electron chi connectivity index (χ4n) is 2.36. The number of rotatable bonds is 3. The third-order valence-electron chi connectivity index (χ3n) is 4.75. The third-order valence-corrected chi connectivity index (χ3v) is 9.21. The van der Waals surface area contributed by atoms with Gasteiger partial charge in [-0.25, -0.2) is 5.32 Å². The molecule has 2 aliphatic rings. The molecular weight excluding hydrogens is 234 g/mol. The van der Waals surface area contributed by atoms with Crippen molar-refractivity contribution in [1.29, 1.82) is 0 Å². The van der Waals surface area contributed by atoms with Gasteiger partial charge in [-0.15, -0.1) is 0 Å². The van der Waals surface area contributed by atoms with Crippen molar-refractivity contribution < 1.29 is 14.3 Å². The van der Waals surface area contributed by atoms with Crippen molar-refractivity contribution in [1.82, 2.24) is 5.32 Å². The van der Waals surface area contributed by atoms with Crippen LogP contribution in [0, 0.1) is 11.3 Å². The highest BCUT2D eigenvalue weighted by Gasteiger charge is 2.74. The van der Waals surface area contributed by atoms with Gasteiger partial charge < -0.3 is 9.53 Å². The Hall–Kier alpha value is -0.393. The van der Waals surface area contributed by atoms with Crippen molar-refractivity contribution in [2.75, 3.05) is 13.1 Å².